The summed E-state index contributed by atoms with van der Waals surface area (Å²) in [5, 5.41) is 2.70. The van der Waals surface area contributed by atoms with Gasteiger partial charge >= 0.3 is 6.03 Å². The van der Waals surface area contributed by atoms with Gasteiger partial charge in [-0.25, -0.2) is 9.18 Å². The van der Waals surface area contributed by atoms with E-state index in [9.17, 15) is 9.18 Å². The van der Waals surface area contributed by atoms with E-state index in [1.54, 1.807) is 36.3 Å². The molecule has 0 unspecified atom stereocenters. The van der Waals surface area contributed by atoms with E-state index in [-0.39, 0.29) is 11.8 Å². The van der Waals surface area contributed by atoms with Gasteiger partial charge in [0.25, 0.3) is 0 Å². The number of urea groups is 1. The summed E-state index contributed by atoms with van der Waals surface area (Å²) in [4.78, 5) is 16.2. The number of nitrogens with zero attached hydrogens (tertiary/aromatic N) is 2. The lowest BCUT2D eigenvalue weighted by atomic mass is 10.2. The number of benzene rings is 2. The summed E-state index contributed by atoms with van der Waals surface area (Å²) in [6.45, 7) is 2.67. The first-order chi connectivity index (χ1) is 12.7. The smallest absolute Gasteiger partial charge is 0.321 e. The maximum absolute atomic E-state index is 13.5. The van der Waals surface area contributed by atoms with Crippen molar-refractivity contribution in [2.24, 2.45) is 0 Å². The summed E-state index contributed by atoms with van der Waals surface area (Å²) >= 11 is 0. The number of rotatable bonds is 4. The second-order valence-corrected chi connectivity index (χ2v) is 5.95. The molecule has 1 saturated heterocycles. The highest BCUT2D eigenvalue weighted by atomic mass is 19.1. The van der Waals surface area contributed by atoms with Crippen LogP contribution in [0.25, 0.3) is 6.08 Å². The number of carbonyl (C=O) groups is 1. The molecule has 6 heteroatoms. The molecule has 5 nitrogen and oxygen atoms in total. The number of anilines is 1. The topological polar surface area (TPSA) is 44.8 Å². The zero-order chi connectivity index (χ0) is 18.4. The molecule has 0 spiro atoms. The molecule has 0 aliphatic carbocycles. The Labute approximate surface area is 152 Å². The van der Waals surface area contributed by atoms with Crippen LogP contribution in [0.5, 0.6) is 5.75 Å². The average molecular weight is 355 g/mol. The molecular formula is C20H22FN3O2. The molecule has 136 valence electrons. The van der Waals surface area contributed by atoms with Crippen LogP contribution in [0.15, 0.2) is 54.7 Å². The third-order valence-electron chi connectivity index (χ3n) is 4.37. The minimum atomic E-state index is -0.316. The van der Waals surface area contributed by atoms with Gasteiger partial charge in [-0.15, -0.1) is 0 Å². The Morgan fingerprint density at radius 1 is 1.08 bits per heavy atom. The number of hydrogen-bond donors (Lipinski definition) is 1. The van der Waals surface area contributed by atoms with E-state index in [4.69, 9.17) is 4.74 Å². The van der Waals surface area contributed by atoms with Gasteiger partial charge < -0.3 is 19.9 Å². The van der Waals surface area contributed by atoms with E-state index >= 15 is 0 Å². The Bertz CT molecular complexity index is 786. The van der Waals surface area contributed by atoms with Gasteiger partial charge in [0.1, 0.15) is 11.6 Å². The molecule has 1 aliphatic heterocycles. The Morgan fingerprint density at radius 3 is 2.50 bits per heavy atom. The first kappa shape index (κ1) is 17.8. The summed E-state index contributed by atoms with van der Waals surface area (Å²) < 4.78 is 18.9. The van der Waals surface area contributed by atoms with Gasteiger partial charge in [0, 0.05) is 37.9 Å². The molecule has 2 aromatic rings. The van der Waals surface area contributed by atoms with Crippen molar-refractivity contribution in [1.82, 2.24) is 10.2 Å². The van der Waals surface area contributed by atoms with E-state index in [0.29, 0.717) is 18.7 Å². The van der Waals surface area contributed by atoms with E-state index in [1.165, 1.54) is 12.3 Å². The average Bonchev–Trinajstić information content (AvgIpc) is 2.69. The highest BCUT2D eigenvalue weighted by Crippen LogP contribution is 2.28. The zero-order valence-corrected chi connectivity index (χ0v) is 14.7. The van der Waals surface area contributed by atoms with Gasteiger partial charge in [0.2, 0.25) is 0 Å². The van der Waals surface area contributed by atoms with Gasteiger partial charge in [-0.1, -0.05) is 30.3 Å². The molecule has 0 atom stereocenters. The predicted octanol–water partition coefficient (Wildman–Crippen LogP) is 3.34. The lowest BCUT2D eigenvalue weighted by Gasteiger charge is -2.36. The Morgan fingerprint density at radius 2 is 1.77 bits per heavy atom. The number of methoxy groups -OCH3 is 1. The predicted molar refractivity (Wildman–Crippen MR) is 101 cm³/mol. The summed E-state index contributed by atoms with van der Waals surface area (Å²) in [6.07, 6.45) is 3.03. The number of nitrogens with one attached hydrogen (secondary N) is 1. The van der Waals surface area contributed by atoms with Crippen LogP contribution in [0.3, 0.4) is 0 Å². The molecule has 2 amide bonds. The van der Waals surface area contributed by atoms with E-state index in [0.717, 1.165) is 24.5 Å². The van der Waals surface area contributed by atoms with Gasteiger partial charge in [-0.3, -0.25) is 0 Å². The van der Waals surface area contributed by atoms with Crippen LogP contribution < -0.4 is 15.0 Å². The second-order valence-electron chi connectivity index (χ2n) is 5.95. The number of amides is 2. The van der Waals surface area contributed by atoms with Crippen molar-refractivity contribution >= 4 is 17.8 Å². The number of piperazine rings is 1. The largest absolute Gasteiger partial charge is 0.495 e. The second kappa shape index (κ2) is 8.38. The quantitative estimate of drug-likeness (QED) is 0.915. The van der Waals surface area contributed by atoms with Crippen molar-refractivity contribution in [2.45, 2.75) is 0 Å². The van der Waals surface area contributed by atoms with Crippen LogP contribution in [0.4, 0.5) is 14.9 Å². The Hall–Kier alpha value is -3.02. The van der Waals surface area contributed by atoms with E-state index in [2.05, 4.69) is 10.2 Å². The van der Waals surface area contributed by atoms with E-state index < -0.39 is 0 Å². The molecule has 2 aromatic carbocycles. The zero-order valence-electron chi connectivity index (χ0n) is 14.7. The number of carbonyl (C=O) groups excluding carboxylic acids is 1. The van der Waals surface area contributed by atoms with Gasteiger partial charge in [0.05, 0.1) is 12.8 Å². The number of hydrogen-bond acceptors (Lipinski definition) is 3. The van der Waals surface area contributed by atoms with Gasteiger partial charge in [-0.2, -0.15) is 0 Å². The van der Waals surface area contributed by atoms with Crippen LogP contribution >= 0.6 is 0 Å². The molecule has 0 saturated carbocycles. The lowest BCUT2D eigenvalue weighted by Crippen LogP contribution is -2.51. The van der Waals surface area contributed by atoms with Crippen molar-refractivity contribution in [3.63, 3.8) is 0 Å². The SMILES string of the molecule is COc1ccccc1N1CCN(C(=O)N/C=C/c2ccccc2F)CC1. The van der Waals surface area contributed by atoms with Crippen LogP contribution in [-0.4, -0.2) is 44.2 Å². The summed E-state index contributed by atoms with van der Waals surface area (Å²) in [5.74, 6) is 0.515. The van der Waals surface area contributed by atoms with Crippen molar-refractivity contribution in [2.75, 3.05) is 38.2 Å². The van der Waals surface area contributed by atoms with Gasteiger partial charge in [-0.05, 0) is 24.3 Å². The summed E-state index contributed by atoms with van der Waals surface area (Å²) in [5.41, 5.74) is 1.48. The molecule has 1 heterocycles. The van der Waals surface area contributed by atoms with Crippen LogP contribution in [0.2, 0.25) is 0 Å². The minimum Gasteiger partial charge on any atom is -0.495 e. The normalized spacial score (nSPS) is 14.5. The number of para-hydroxylation sites is 2. The van der Waals surface area contributed by atoms with Crippen LogP contribution in [0, 0.1) is 5.82 Å². The first-order valence-corrected chi connectivity index (χ1v) is 8.53. The molecule has 0 radical (unpaired) electrons. The molecule has 1 fully saturated rings. The van der Waals surface area contributed by atoms with Crippen molar-refractivity contribution in [3.8, 4) is 5.75 Å². The standard InChI is InChI=1S/C20H22FN3O2/c1-26-19-9-5-4-8-18(19)23-12-14-24(15-13-23)20(25)22-11-10-16-6-2-3-7-17(16)21/h2-11H,12-15H2,1H3,(H,22,25)/b11-10+. The summed E-state index contributed by atoms with van der Waals surface area (Å²) in [6, 6.07) is 14.1. The van der Waals surface area contributed by atoms with Crippen molar-refractivity contribution in [1.29, 1.82) is 0 Å². The fraction of sp³-hybridized carbons (Fsp3) is 0.250. The highest BCUT2D eigenvalue weighted by molar-refractivity contribution is 5.76. The molecule has 1 aliphatic rings. The number of ether oxygens (including phenoxy) is 1. The van der Waals surface area contributed by atoms with Crippen molar-refractivity contribution in [3.05, 3.63) is 66.1 Å². The highest BCUT2D eigenvalue weighted by Gasteiger charge is 2.22. The van der Waals surface area contributed by atoms with Crippen LogP contribution in [-0.2, 0) is 0 Å². The number of halogens is 1. The van der Waals surface area contributed by atoms with E-state index in [1.807, 2.05) is 24.3 Å². The fourth-order valence-corrected chi connectivity index (χ4v) is 2.95. The third-order valence-corrected chi connectivity index (χ3v) is 4.37. The third kappa shape index (κ3) is 4.14. The molecular weight excluding hydrogens is 333 g/mol. The minimum absolute atomic E-state index is 0.183. The van der Waals surface area contributed by atoms with Gasteiger partial charge in [0.15, 0.2) is 0 Å². The molecule has 3 rings (SSSR count). The molecule has 1 N–H and O–H groups in total. The molecule has 0 bridgehead atoms. The lowest BCUT2D eigenvalue weighted by molar-refractivity contribution is 0.198. The monoisotopic (exact) mass is 355 g/mol. The summed E-state index contributed by atoms with van der Waals surface area (Å²) in [7, 11) is 1.66. The first-order valence-electron chi connectivity index (χ1n) is 8.53. The van der Waals surface area contributed by atoms with Crippen molar-refractivity contribution < 1.29 is 13.9 Å². The van der Waals surface area contributed by atoms with Crippen LogP contribution in [0.1, 0.15) is 5.56 Å². The maximum Gasteiger partial charge on any atom is 0.321 e. The molecule has 0 aromatic heterocycles. The molecule has 26 heavy (non-hydrogen) atoms. The Kier molecular flexibility index (Phi) is 5.73. The maximum atomic E-state index is 13.5. The Balaban J connectivity index is 1.53. The fourth-order valence-electron chi connectivity index (χ4n) is 2.95.